The average Bonchev–Trinajstić information content (AvgIpc) is 2.70. The highest BCUT2D eigenvalue weighted by molar-refractivity contribution is 9.10. The summed E-state index contributed by atoms with van der Waals surface area (Å²) in [5, 5.41) is 0. The van der Waals surface area contributed by atoms with Crippen molar-refractivity contribution in [1.82, 2.24) is 0 Å². The van der Waals surface area contributed by atoms with Crippen molar-refractivity contribution in [2.75, 3.05) is 6.61 Å². The van der Waals surface area contributed by atoms with Crippen molar-refractivity contribution in [3.05, 3.63) is 94.0 Å². The third-order valence-corrected chi connectivity index (χ3v) is 4.35. The lowest BCUT2D eigenvalue weighted by Crippen LogP contribution is -2.12. The van der Waals surface area contributed by atoms with Gasteiger partial charge in [0, 0.05) is 16.5 Å². The standard InChI is InChI=1S/C22H17BrO4/c23-18-9-10-21(26-12-11-16-5-2-1-3-6-16)20(14-18)22(25)27-19-8-4-7-17(13-19)15-24/h1-10,13-15H,11-12H2. The smallest absolute Gasteiger partial charge is 0.347 e. The Kier molecular flexibility index (Phi) is 6.39. The third-order valence-electron chi connectivity index (χ3n) is 3.86. The topological polar surface area (TPSA) is 52.6 Å². The molecule has 0 aliphatic heterocycles. The van der Waals surface area contributed by atoms with E-state index in [1.807, 2.05) is 36.4 Å². The molecule has 0 aromatic heterocycles. The van der Waals surface area contributed by atoms with Gasteiger partial charge < -0.3 is 9.47 Å². The molecule has 0 unspecified atom stereocenters. The first-order chi connectivity index (χ1) is 13.2. The highest BCUT2D eigenvalue weighted by Crippen LogP contribution is 2.25. The SMILES string of the molecule is O=Cc1cccc(OC(=O)c2cc(Br)ccc2OCCc2ccccc2)c1. The summed E-state index contributed by atoms with van der Waals surface area (Å²) in [6, 6.07) is 21.6. The van der Waals surface area contributed by atoms with Gasteiger partial charge in [-0.05, 0) is 35.9 Å². The molecule has 0 aliphatic carbocycles. The molecule has 0 fully saturated rings. The highest BCUT2D eigenvalue weighted by Gasteiger charge is 2.16. The van der Waals surface area contributed by atoms with Crippen LogP contribution in [0.4, 0.5) is 0 Å². The molecule has 0 spiro atoms. The van der Waals surface area contributed by atoms with E-state index in [4.69, 9.17) is 9.47 Å². The average molecular weight is 425 g/mol. The van der Waals surface area contributed by atoms with Gasteiger partial charge >= 0.3 is 5.97 Å². The van der Waals surface area contributed by atoms with Crippen molar-refractivity contribution in [2.24, 2.45) is 0 Å². The first-order valence-corrected chi connectivity index (χ1v) is 9.19. The van der Waals surface area contributed by atoms with Crippen molar-refractivity contribution in [1.29, 1.82) is 0 Å². The Morgan fingerprint density at radius 1 is 0.963 bits per heavy atom. The molecule has 3 aromatic rings. The van der Waals surface area contributed by atoms with Gasteiger partial charge in [-0.15, -0.1) is 0 Å². The van der Waals surface area contributed by atoms with E-state index in [1.165, 1.54) is 6.07 Å². The van der Waals surface area contributed by atoms with E-state index < -0.39 is 5.97 Å². The molecule has 0 saturated heterocycles. The lowest BCUT2D eigenvalue weighted by Gasteiger charge is -2.12. The zero-order valence-corrected chi connectivity index (χ0v) is 16.0. The number of hydrogen-bond acceptors (Lipinski definition) is 4. The summed E-state index contributed by atoms with van der Waals surface area (Å²) in [7, 11) is 0. The minimum Gasteiger partial charge on any atom is -0.492 e. The molecule has 0 radical (unpaired) electrons. The van der Waals surface area contributed by atoms with Crippen LogP contribution in [-0.2, 0) is 6.42 Å². The van der Waals surface area contributed by atoms with E-state index in [0.29, 0.717) is 35.5 Å². The molecule has 0 aliphatic rings. The number of esters is 1. The van der Waals surface area contributed by atoms with Crippen LogP contribution >= 0.6 is 15.9 Å². The maximum absolute atomic E-state index is 12.6. The van der Waals surface area contributed by atoms with Crippen molar-refractivity contribution in [3.8, 4) is 11.5 Å². The van der Waals surface area contributed by atoms with Crippen molar-refractivity contribution in [2.45, 2.75) is 6.42 Å². The van der Waals surface area contributed by atoms with Crippen LogP contribution in [0.2, 0.25) is 0 Å². The number of carbonyl (C=O) groups is 2. The fourth-order valence-corrected chi connectivity index (χ4v) is 2.89. The molecule has 3 aromatic carbocycles. The molecule has 0 atom stereocenters. The van der Waals surface area contributed by atoms with Gasteiger partial charge in [0.1, 0.15) is 23.3 Å². The van der Waals surface area contributed by atoms with Gasteiger partial charge in [-0.2, -0.15) is 0 Å². The van der Waals surface area contributed by atoms with E-state index in [9.17, 15) is 9.59 Å². The molecule has 27 heavy (non-hydrogen) atoms. The summed E-state index contributed by atoms with van der Waals surface area (Å²) in [6.07, 6.45) is 1.43. The van der Waals surface area contributed by atoms with Crippen molar-refractivity contribution < 1.29 is 19.1 Å². The largest absolute Gasteiger partial charge is 0.492 e. The molecule has 0 saturated carbocycles. The van der Waals surface area contributed by atoms with Gasteiger partial charge in [0.25, 0.3) is 0 Å². The van der Waals surface area contributed by atoms with E-state index in [1.54, 1.807) is 30.3 Å². The maximum Gasteiger partial charge on any atom is 0.347 e. The number of carbonyl (C=O) groups excluding carboxylic acids is 2. The Morgan fingerprint density at radius 2 is 1.78 bits per heavy atom. The Hall–Kier alpha value is -2.92. The third kappa shape index (κ3) is 5.28. The molecule has 0 N–H and O–H groups in total. The summed E-state index contributed by atoms with van der Waals surface area (Å²) in [4.78, 5) is 23.5. The van der Waals surface area contributed by atoms with Crippen molar-refractivity contribution >= 4 is 28.2 Å². The van der Waals surface area contributed by atoms with Gasteiger partial charge in [0.2, 0.25) is 0 Å². The molecule has 0 amide bonds. The summed E-state index contributed by atoms with van der Waals surface area (Å²) in [5.41, 5.74) is 1.91. The lowest BCUT2D eigenvalue weighted by atomic mass is 10.1. The second-order valence-electron chi connectivity index (χ2n) is 5.80. The summed E-state index contributed by atoms with van der Waals surface area (Å²) < 4.78 is 12.0. The quantitative estimate of drug-likeness (QED) is 0.300. The monoisotopic (exact) mass is 424 g/mol. The summed E-state index contributed by atoms with van der Waals surface area (Å²) in [5.74, 6) is 0.208. The van der Waals surface area contributed by atoms with Crippen LogP contribution in [-0.4, -0.2) is 18.9 Å². The predicted octanol–water partition coefficient (Wildman–Crippen LogP) is 5.10. The first kappa shape index (κ1) is 18.9. The first-order valence-electron chi connectivity index (χ1n) is 8.39. The zero-order chi connectivity index (χ0) is 19.1. The van der Waals surface area contributed by atoms with Crippen LogP contribution in [0.15, 0.2) is 77.3 Å². The Balaban J connectivity index is 1.72. The second kappa shape index (κ2) is 9.14. The number of rotatable bonds is 7. The Labute approximate surface area is 165 Å². The molecule has 0 bridgehead atoms. The summed E-state index contributed by atoms with van der Waals surface area (Å²) in [6.45, 7) is 0.437. The van der Waals surface area contributed by atoms with Crippen LogP contribution in [0.25, 0.3) is 0 Å². The van der Waals surface area contributed by atoms with Crippen molar-refractivity contribution in [3.63, 3.8) is 0 Å². The maximum atomic E-state index is 12.6. The Bertz CT molecular complexity index is 938. The van der Waals surface area contributed by atoms with Crippen LogP contribution in [0.3, 0.4) is 0 Å². The highest BCUT2D eigenvalue weighted by atomic mass is 79.9. The van der Waals surface area contributed by atoms with E-state index >= 15 is 0 Å². The fraction of sp³-hybridized carbons (Fsp3) is 0.0909. The van der Waals surface area contributed by atoms with Gasteiger partial charge in [-0.25, -0.2) is 4.79 Å². The number of ether oxygens (including phenoxy) is 2. The van der Waals surface area contributed by atoms with Crippen LogP contribution in [0.1, 0.15) is 26.3 Å². The second-order valence-corrected chi connectivity index (χ2v) is 6.72. The number of aldehydes is 1. The van der Waals surface area contributed by atoms with Gasteiger partial charge in [-0.1, -0.05) is 58.4 Å². The number of benzene rings is 3. The number of halogens is 1. The Morgan fingerprint density at radius 3 is 2.56 bits per heavy atom. The molecular weight excluding hydrogens is 408 g/mol. The van der Waals surface area contributed by atoms with E-state index in [0.717, 1.165) is 16.5 Å². The molecule has 0 heterocycles. The molecule has 5 heteroatoms. The minimum absolute atomic E-state index is 0.305. The summed E-state index contributed by atoms with van der Waals surface area (Å²) >= 11 is 3.37. The molecular formula is C22H17BrO4. The molecule has 136 valence electrons. The molecule has 4 nitrogen and oxygen atoms in total. The van der Waals surface area contributed by atoms with E-state index in [-0.39, 0.29) is 0 Å². The molecule has 3 rings (SSSR count). The normalized spacial score (nSPS) is 10.3. The lowest BCUT2D eigenvalue weighted by molar-refractivity contribution is 0.0729. The van der Waals surface area contributed by atoms with Crippen LogP contribution in [0.5, 0.6) is 11.5 Å². The van der Waals surface area contributed by atoms with Gasteiger partial charge in [0.15, 0.2) is 0 Å². The van der Waals surface area contributed by atoms with E-state index in [2.05, 4.69) is 15.9 Å². The van der Waals surface area contributed by atoms with Gasteiger partial charge in [-0.3, -0.25) is 4.79 Å². The predicted molar refractivity (Wildman–Crippen MR) is 107 cm³/mol. The van der Waals surface area contributed by atoms with Gasteiger partial charge in [0.05, 0.1) is 6.61 Å². The zero-order valence-electron chi connectivity index (χ0n) is 14.4. The number of hydrogen-bond donors (Lipinski definition) is 0. The minimum atomic E-state index is -0.547. The van der Waals surface area contributed by atoms with Crippen LogP contribution in [0, 0.1) is 0 Å². The van der Waals surface area contributed by atoms with Crippen LogP contribution < -0.4 is 9.47 Å². The fourth-order valence-electron chi connectivity index (χ4n) is 2.52.